The zero-order chi connectivity index (χ0) is 36.3. The van der Waals surface area contributed by atoms with E-state index in [4.69, 9.17) is 19.6 Å². The van der Waals surface area contributed by atoms with Gasteiger partial charge in [-0.3, -0.25) is 14.9 Å². The van der Waals surface area contributed by atoms with Gasteiger partial charge in [0.15, 0.2) is 0 Å². The molecule has 0 aliphatic rings. The molecular formula is C34H44N6O9. The molecule has 0 unspecified atom stereocenters. The lowest BCUT2D eigenvalue weighted by atomic mass is 10.0. The van der Waals surface area contributed by atoms with Crippen molar-refractivity contribution in [2.45, 2.75) is 78.7 Å². The standard InChI is InChI=1S/C34H44N6O9/c1-19(2)28(40-33(46)49-34(4,5)6)30(43)39-25(8-7-15-36-31(35)44)29(42)37-22-11-9-21(10-12-22)18-47-32(45)38-23-13-14-24-20(3)16-27(41)48-26(24)17-23/h9-14,16-17,19,25,28H,7-8,15,18H2,1-6H3,(H,37,42)(H,38,45)(H,39,43)(H,40,46)(H3,35,36,44)/t25-,28-/m0/s1. The van der Waals surface area contributed by atoms with Crippen LogP contribution < -0.4 is 37.9 Å². The van der Waals surface area contributed by atoms with E-state index in [2.05, 4.69) is 26.6 Å². The lowest BCUT2D eigenvalue weighted by Gasteiger charge is -2.27. The Morgan fingerprint density at radius 1 is 0.878 bits per heavy atom. The molecule has 2 atom stereocenters. The van der Waals surface area contributed by atoms with Crippen molar-refractivity contribution < 1.29 is 37.9 Å². The van der Waals surface area contributed by atoms with Crippen LogP contribution in [-0.4, -0.2) is 54.3 Å². The van der Waals surface area contributed by atoms with Gasteiger partial charge in [0.2, 0.25) is 11.8 Å². The van der Waals surface area contributed by atoms with E-state index in [-0.39, 0.29) is 25.5 Å². The molecule has 15 nitrogen and oxygen atoms in total. The van der Waals surface area contributed by atoms with E-state index in [1.54, 1.807) is 77.9 Å². The van der Waals surface area contributed by atoms with E-state index >= 15 is 0 Å². The molecule has 7 N–H and O–H groups in total. The van der Waals surface area contributed by atoms with Crippen molar-refractivity contribution in [2.24, 2.45) is 11.7 Å². The number of carbonyl (C=O) groups excluding carboxylic acids is 5. The van der Waals surface area contributed by atoms with Gasteiger partial charge in [-0.2, -0.15) is 0 Å². The van der Waals surface area contributed by atoms with E-state index in [1.165, 1.54) is 12.1 Å². The van der Waals surface area contributed by atoms with Crippen molar-refractivity contribution in [2.75, 3.05) is 17.2 Å². The van der Waals surface area contributed by atoms with E-state index < -0.39 is 53.3 Å². The summed E-state index contributed by atoms with van der Waals surface area (Å²) in [7, 11) is 0. The number of primary amides is 1. The van der Waals surface area contributed by atoms with Gasteiger partial charge >= 0.3 is 23.8 Å². The highest BCUT2D eigenvalue weighted by molar-refractivity contribution is 5.98. The molecule has 0 saturated carbocycles. The Labute approximate surface area is 283 Å². The van der Waals surface area contributed by atoms with Crippen LogP contribution in [0.2, 0.25) is 0 Å². The third-order valence-corrected chi connectivity index (χ3v) is 7.01. The third-order valence-electron chi connectivity index (χ3n) is 7.01. The van der Waals surface area contributed by atoms with Crippen LogP contribution in [0.15, 0.2) is 57.7 Å². The maximum Gasteiger partial charge on any atom is 0.411 e. The lowest BCUT2D eigenvalue weighted by molar-refractivity contribution is -0.128. The van der Waals surface area contributed by atoms with Crippen molar-refractivity contribution in [1.29, 1.82) is 0 Å². The Morgan fingerprint density at radius 2 is 1.55 bits per heavy atom. The highest BCUT2D eigenvalue weighted by Crippen LogP contribution is 2.21. The molecule has 1 heterocycles. The van der Waals surface area contributed by atoms with Gasteiger partial charge in [-0.1, -0.05) is 26.0 Å². The number of ether oxygens (including phenoxy) is 2. The lowest BCUT2D eigenvalue weighted by Crippen LogP contribution is -2.55. The van der Waals surface area contributed by atoms with Crippen molar-refractivity contribution in [3.05, 3.63) is 70.1 Å². The summed E-state index contributed by atoms with van der Waals surface area (Å²) in [6, 6.07) is 10.1. The molecule has 0 spiro atoms. The van der Waals surface area contributed by atoms with E-state index in [9.17, 15) is 28.8 Å². The molecule has 264 valence electrons. The fourth-order valence-electron chi connectivity index (χ4n) is 4.64. The molecule has 3 rings (SSSR count). The molecule has 0 aliphatic carbocycles. The van der Waals surface area contributed by atoms with Crippen molar-refractivity contribution in [1.82, 2.24) is 16.0 Å². The molecule has 3 aromatic rings. The second-order valence-electron chi connectivity index (χ2n) is 12.7. The summed E-state index contributed by atoms with van der Waals surface area (Å²) in [5.41, 5.74) is 6.38. The van der Waals surface area contributed by atoms with Gasteiger partial charge in [0.25, 0.3) is 0 Å². The summed E-state index contributed by atoms with van der Waals surface area (Å²) in [6.07, 6.45) is -1.03. The van der Waals surface area contributed by atoms with Crippen LogP contribution in [0.4, 0.5) is 25.8 Å². The fraction of sp³-hybridized carbons (Fsp3) is 0.412. The SMILES string of the molecule is Cc1cc(=O)oc2cc(NC(=O)OCc3ccc(NC(=O)[C@H](CCCNC(N)=O)NC(=O)[C@@H](NC(=O)OC(C)(C)C)C(C)C)cc3)ccc12. The number of anilines is 2. The Morgan fingerprint density at radius 3 is 2.18 bits per heavy atom. The molecular weight excluding hydrogens is 636 g/mol. The van der Waals surface area contributed by atoms with Gasteiger partial charge in [-0.25, -0.2) is 19.2 Å². The number of fused-ring (bicyclic) bond motifs is 1. The summed E-state index contributed by atoms with van der Waals surface area (Å²) >= 11 is 0. The van der Waals surface area contributed by atoms with Crippen LogP contribution in [-0.2, 0) is 25.7 Å². The maximum atomic E-state index is 13.3. The number of amides is 6. The smallest absolute Gasteiger partial charge is 0.411 e. The van der Waals surface area contributed by atoms with Gasteiger partial charge in [-0.15, -0.1) is 0 Å². The molecule has 49 heavy (non-hydrogen) atoms. The zero-order valence-electron chi connectivity index (χ0n) is 28.4. The third kappa shape index (κ3) is 12.5. The normalized spacial score (nSPS) is 12.4. The average molecular weight is 681 g/mol. The van der Waals surface area contributed by atoms with Crippen molar-refractivity contribution in [3.8, 4) is 0 Å². The number of nitrogens with one attached hydrogen (secondary N) is 5. The average Bonchev–Trinajstić information content (AvgIpc) is 2.99. The molecule has 0 bridgehead atoms. The molecule has 15 heteroatoms. The van der Waals surface area contributed by atoms with Gasteiger partial charge in [0.1, 0.15) is 29.9 Å². The number of nitrogens with two attached hydrogens (primary N) is 1. The monoisotopic (exact) mass is 680 g/mol. The number of alkyl carbamates (subject to hydrolysis) is 1. The number of aryl methyl sites for hydroxylation is 1. The van der Waals surface area contributed by atoms with E-state index in [0.717, 1.165) is 10.9 Å². The molecule has 1 aromatic heterocycles. The number of benzene rings is 2. The quantitative estimate of drug-likeness (QED) is 0.112. The van der Waals surface area contributed by atoms with Gasteiger partial charge in [0, 0.05) is 35.4 Å². The van der Waals surface area contributed by atoms with Gasteiger partial charge in [0.05, 0.1) is 0 Å². The molecule has 0 radical (unpaired) electrons. The second-order valence-corrected chi connectivity index (χ2v) is 12.7. The Kier molecular flexibility index (Phi) is 13.1. The minimum atomic E-state index is -1.03. The summed E-state index contributed by atoms with van der Waals surface area (Å²) in [6.45, 7) is 10.5. The first-order valence-electron chi connectivity index (χ1n) is 15.7. The highest BCUT2D eigenvalue weighted by Gasteiger charge is 2.30. The predicted octanol–water partition coefficient (Wildman–Crippen LogP) is 4.27. The summed E-state index contributed by atoms with van der Waals surface area (Å²) in [5.74, 6) is -1.45. The van der Waals surface area contributed by atoms with Crippen LogP contribution in [0.25, 0.3) is 11.0 Å². The van der Waals surface area contributed by atoms with Crippen LogP contribution in [0.5, 0.6) is 0 Å². The summed E-state index contributed by atoms with van der Waals surface area (Å²) in [5, 5.41) is 13.8. The van der Waals surface area contributed by atoms with Gasteiger partial charge < -0.3 is 40.9 Å². The summed E-state index contributed by atoms with van der Waals surface area (Å²) in [4.78, 5) is 74.1. The number of hydrogen-bond donors (Lipinski definition) is 6. The largest absolute Gasteiger partial charge is 0.444 e. The fourth-order valence-corrected chi connectivity index (χ4v) is 4.64. The first-order valence-corrected chi connectivity index (χ1v) is 15.7. The minimum Gasteiger partial charge on any atom is -0.444 e. The van der Waals surface area contributed by atoms with E-state index in [0.29, 0.717) is 28.9 Å². The first kappa shape index (κ1) is 37.9. The Bertz CT molecular complexity index is 1710. The molecule has 0 fully saturated rings. The predicted molar refractivity (Wildman–Crippen MR) is 183 cm³/mol. The Balaban J connectivity index is 1.60. The molecule has 0 aliphatic heterocycles. The van der Waals surface area contributed by atoms with Crippen molar-refractivity contribution in [3.63, 3.8) is 0 Å². The molecule has 6 amide bonds. The summed E-state index contributed by atoms with van der Waals surface area (Å²) < 4.78 is 15.8. The zero-order valence-corrected chi connectivity index (χ0v) is 28.4. The van der Waals surface area contributed by atoms with Gasteiger partial charge in [-0.05, 0) is 81.8 Å². The number of rotatable bonds is 13. The number of carbonyl (C=O) groups is 5. The van der Waals surface area contributed by atoms with Crippen LogP contribution in [0.1, 0.15) is 58.6 Å². The van der Waals surface area contributed by atoms with E-state index in [1.807, 2.05) is 0 Å². The maximum absolute atomic E-state index is 13.3. The Hall–Kier alpha value is -5.60. The van der Waals surface area contributed by atoms with Crippen LogP contribution >= 0.6 is 0 Å². The highest BCUT2D eigenvalue weighted by atomic mass is 16.6. The minimum absolute atomic E-state index is 0.0748. The second kappa shape index (κ2) is 17.0. The molecule has 2 aromatic carbocycles. The van der Waals surface area contributed by atoms with Crippen molar-refractivity contribution >= 4 is 52.4 Å². The first-order chi connectivity index (χ1) is 23.0. The number of hydrogen-bond acceptors (Lipinski definition) is 9. The van der Waals surface area contributed by atoms with Crippen LogP contribution in [0.3, 0.4) is 0 Å². The topological polar surface area (TPSA) is 220 Å². The molecule has 0 saturated heterocycles. The van der Waals surface area contributed by atoms with Crippen LogP contribution in [0, 0.1) is 12.8 Å². The number of urea groups is 1.